The molecule has 34 heavy (non-hydrogen) atoms. The van der Waals surface area contributed by atoms with Crippen molar-refractivity contribution < 1.29 is 14.3 Å². The summed E-state index contributed by atoms with van der Waals surface area (Å²) in [5.74, 6) is 1.33. The van der Waals surface area contributed by atoms with Gasteiger partial charge in [-0.25, -0.2) is 4.68 Å². The first-order valence-corrected chi connectivity index (χ1v) is 12.1. The molecule has 1 saturated heterocycles. The molecule has 0 bridgehead atoms. The molecule has 7 nitrogen and oxygen atoms in total. The minimum absolute atomic E-state index is 0.0149. The number of carbonyl (C=O) groups is 1. The summed E-state index contributed by atoms with van der Waals surface area (Å²) in [6.45, 7) is 3.35. The number of amides is 1. The van der Waals surface area contributed by atoms with E-state index < -0.39 is 0 Å². The van der Waals surface area contributed by atoms with Gasteiger partial charge in [0.25, 0.3) is 5.91 Å². The number of hydrogen-bond donors (Lipinski definition) is 0. The topological polar surface area (TPSA) is 59.8 Å². The second-order valence-corrected chi connectivity index (χ2v) is 9.00. The molecule has 7 heteroatoms. The average molecular weight is 461 g/mol. The molecular formula is C27H32N4O3. The number of hydrogen-bond acceptors (Lipinski definition) is 5. The summed E-state index contributed by atoms with van der Waals surface area (Å²) in [7, 11) is 3.24. The van der Waals surface area contributed by atoms with Crippen molar-refractivity contribution in [3.05, 3.63) is 60.3 Å². The summed E-state index contributed by atoms with van der Waals surface area (Å²) in [6, 6.07) is 16.2. The van der Waals surface area contributed by atoms with Gasteiger partial charge >= 0.3 is 0 Å². The first kappa shape index (κ1) is 22.5. The summed E-state index contributed by atoms with van der Waals surface area (Å²) < 4.78 is 12.8. The lowest BCUT2D eigenvalue weighted by Gasteiger charge is -2.38. The maximum atomic E-state index is 13.8. The van der Waals surface area contributed by atoms with E-state index in [-0.39, 0.29) is 5.91 Å². The van der Waals surface area contributed by atoms with E-state index in [0.29, 0.717) is 28.8 Å². The average Bonchev–Trinajstić information content (AvgIpc) is 3.59. The Balaban J connectivity index is 1.47. The van der Waals surface area contributed by atoms with Crippen LogP contribution in [0.15, 0.2) is 54.7 Å². The quantitative estimate of drug-likeness (QED) is 0.550. The molecule has 0 spiro atoms. The van der Waals surface area contributed by atoms with Crippen molar-refractivity contribution in [3.63, 3.8) is 0 Å². The number of piperazine rings is 1. The van der Waals surface area contributed by atoms with E-state index in [0.717, 1.165) is 37.4 Å². The minimum Gasteiger partial charge on any atom is -0.497 e. The highest BCUT2D eigenvalue weighted by Gasteiger charge is 2.30. The Hall–Kier alpha value is -3.32. The van der Waals surface area contributed by atoms with Crippen molar-refractivity contribution >= 4 is 5.91 Å². The molecule has 1 amide bonds. The Labute approximate surface area is 200 Å². The fraction of sp³-hybridized carbons (Fsp3) is 0.407. The van der Waals surface area contributed by atoms with Crippen molar-refractivity contribution in [1.82, 2.24) is 19.6 Å². The summed E-state index contributed by atoms with van der Waals surface area (Å²) in [6.07, 6.45) is 7.09. The van der Waals surface area contributed by atoms with Crippen LogP contribution < -0.4 is 9.47 Å². The summed E-state index contributed by atoms with van der Waals surface area (Å²) in [4.78, 5) is 18.3. The summed E-state index contributed by atoms with van der Waals surface area (Å²) in [5, 5.41) is 4.85. The fourth-order valence-corrected chi connectivity index (χ4v) is 5.17. The highest BCUT2D eigenvalue weighted by molar-refractivity contribution is 6.00. The van der Waals surface area contributed by atoms with Crippen LogP contribution in [0.5, 0.6) is 11.5 Å². The first-order chi connectivity index (χ1) is 16.7. The Morgan fingerprint density at radius 2 is 1.68 bits per heavy atom. The van der Waals surface area contributed by atoms with Crippen molar-refractivity contribution in [2.24, 2.45) is 0 Å². The number of benzene rings is 2. The Bertz CT molecular complexity index is 1130. The molecule has 178 valence electrons. The van der Waals surface area contributed by atoms with E-state index in [4.69, 9.17) is 14.6 Å². The van der Waals surface area contributed by atoms with Gasteiger partial charge in [-0.3, -0.25) is 9.69 Å². The largest absolute Gasteiger partial charge is 0.497 e. The molecule has 0 unspecified atom stereocenters. The third-order valence-electron chi connectivity index (χ3n) is 7.07. The van der Waals surface area contributed by atoms with Crippen molar-refractivity contribution in [2.45, 2.75) is 31.7 Å². The van der Waals surface area contributed by atoms with Crippen molar-refractivity contribution in [3.8, 4) is 28.4 Å². The lowest BCUT2D eigenvalue weighted by atomic mass is 10.1. The van der Waals surface area contributed by atoms with Gasteiger partial charge in [0.2, 0.25) is 0 Å². The fourth-order valence-electron chi connectivity index (χ4n) is 5.17. The third-order valence-corrected chi connectivity index (χ3v) is 7.07. The summed E-state index contributed by atoms with van der Waals surface area (Å²) >= 11 is 0. The van der Waals surface area contributed by atoms with Crippen molar-refractivity contribution in [2.75, 3.05) is 40.4 Å². The summed E-state index contributed by atoms with van der Waals surface area (Å²) in [5.41, 5.74) is 2.88. The molecule has 2 aromatic carbocycles. The first-order valence-electron chi connectivity index (χ1n) is 12.1. The Morgan fingerprint density at radius 3 is 2.35 bits per heavy atom. The molecule has 1 aliphatic carbocycles. The second-order valence-electron chi connectivity index (χ2n) is 9.00. The molecule has 2 heterocycles. The molecule has 1 aliphatic heterocycles. The van der Waals surface area contributed by atoms with E-state index in [1.54, 1.807) is 18.9 Å². The number of ether oxygens (including phenoxy) is 2. The van der Waals surface area contributed by atoms with Gasteiger partial charge in [0.05, 0.1) is 25.5 Å². The van der Waals surface area contributed by atoms with Gasteiger partial charge < -0.3 is 14.4 Å². The predicted octanol–water partition coefficient (Wildman–Crippen LogP) is 4.26. The van der Waals surface area contributed by atoms with Crippen LogP contribution in [-0.4, -0.2) is 71.9 Å². The van der Waals surface area contributed by atoms with Crippen LogP contribution in [0.4, 0.5) is 0 Å². The molecule has 0 radical (unpaired) electrons. The molecule has 1 saturated carbocycles. The molecule has 5 rings (SSSR count). The zero-order valence-corrected chi connectivity index (χ0v) is 19.9. The monoisotopic (exact) mass is 460 g/mol. The van der Waals surface area contributed by atoms with E-state index in [1.165, 1.54) is 25.7 Å². The van der Waals surface area contributed by atoms with Gasteiger partial charge in [0, 0.05) is 50.0 Å². The van der Waals surface area contributed by atoms with E-state index in [2.05, 4.69) is 4.90 Å². The number of methoxy groups -OCH3 is 2. The van der Waals surface area contributed by atoms with Gasteiger partial charge in [-0.15, -0.1) is 0 Å². The van der Waals surface area contributed by atoms with E-state index in [9.17, 15) is 4.79 Å². The molecular weight excluding hydrogens is 428 g/mol. The number of aromatic nitrogens is 2. The maximum Gasteiger partial charge on any atom is 0.257 e. The predicted molar refractivity (Wildman–Crippen MR) is 132 cm³/mol. The third kappa shape index (κ3) is 4.40. The van der Waals surface area contributed by atoms with Crippen LogP contribution in [-0.2, 0) is 0 Å². The normalized spacial score (nSPS) is 17.2. The second kappa shape index (κ2) is 9.89. The van der Waals surface area contributed by atoms with Crippen molar-refractivity contribution in [1.29, 1.82) is 0 Å². The molecule has 3 aromatic rings. The highest BCUT2D eigenvalue weighted by Crippen LogP contribution is 2.35. The highest BCUT2D eigenvalue weighted by atomic mass is 16.5. The van der Waals surface area contributed by atoms with Gasteiger partial charge in [0.1, 0.15) is 17.2 Å². The maximum absolute atomic E-state index is 13.8. The van der Waals surface area contributed by atoms with Crippen LogP contribution >= 0.6 is 0 Å². The standard InChI is InChI=1S/C27H32N4O3/c1-33-22-12-13-23(25(18-22)34-2)26-24(19-31(28-26)21-10-4-3-5-11-21)27(32)30-16-14-29(15-17-30)20-8-6-7-9-20/h3-5,10-13,18-20H,6-9,14-17H2,1-2H3. The number of nitrogens with zero attached hydrogens (tertiary/aromatic N) is 4. The van der Waals surface area contributed by atoms with Gasteiger partial charge in [0.15, 0.2) is 0 Å². The lowest BCUT2D eigenvalue weighted by molar-refractivity contribution is 0.0574. The van der Waals surface area contributed by atoms with Crippen LogP contribution in [0.2, 0.25) is 0 Å². The minimum atomic E-state index is 0.0149. The van der Waals surface area contributed by atoms with Gasteiger partial charge in [-0.1, -0.05) is 31.0 Å². The van der Waals surface area contributed by atoms with Crippen LogP contribution in [0.1, 0.15) is 36.0 Å². The molecule has 0 atom stereocenters. The number of rotatable bonds is 6. The van der Waals surface area contributed by atoms with Crippen LogP contribution in [0.25, 0.3) is 16.9 Å². The molecule has 1 aromatic heterocycles. The molecule has 2 aliphatic rings. The lowest BCUT2D eigenvalue weighted by Crippen LogP contribution is -2.51. The number of carbonyl (C=O) groups excluding carboxylic acids is 1. The smallest absolute Gasteiger partial charge is 0.257 e. The van der Waals surface area contributed by atoms with E-state index >= 15 is 0 Å². The van der Waals surface area contributed by atoms with Gasteiger partial charge in [-0.05, 0) is 37.1 Å². The van der Waals surface area contributed by atoms with E-state index in [1.807, 2.05) is 59.6 Å². The Morgan fingerprint density at radius 1 is 0.941 bits per heavy atom. The number of para-hydroxylation sites is 1. The van der Waals surface area contributed by atoms with Gasteiger partial charge in [-0.2, -0.15) is 5.10 Å². The Kier molecular flexibility index (Phi) is 6.54. The zero-order valence-electron chi connectivity index (χ0n) is 19.9. The molecule has 0 N–H and O–H groups in total. The SMILES string of the molecule is COc1ccc(-c2nn(-c3ccccc3)cc2C(=O)N2CCN(C3CCCC3)CC2)c(OC)c1. The van der Waals surface area contributed by atoms with Crippen LogP contribution in [0, 0.1) is 0 Å². The zero-order chi connectivity index (χ0) is 23.5. The van der Waals surface area contributed by atoms with Crippen LogP contribution in [0.3, 0.4) is 0 Å². The molecule has 2 fully saturated rings.